The fraction of sp³-hybridized carbons (Fsp3) is 0.407. The van der Waals surface area contributed by atoms with Gasteiger partial charge in [-0.15, -0.1) is 0 Å². The van der Waals surface area contributed by atoms with Crippen molar-refractivity contribution in [3.63, 3.8) is 0 Å². The van der Waals surface area contributed by atoms with Crippen LogP contribution in [-0.2, 0) is 22.7 Å². The lowest BCUT2D eigenvalue weighted by molar-refractivity contribution is -0.136. The van der Waals surface area contributed by atoms with Crippen LogP contribution in [0.25, 0.3) is 0 Å². The molecule has 1 aliphatic carbocycles. The third kappa shape index (κ3) is 4.77. The van der Waals surface area contributed by atoms with Gasteiger partial charge in [0.05, 0.1) is 11.6 Å². The van der Waals surface area contributed by atoms with Crippen LogP contribution in [0.5, 0.6) is 5.75 Å². The highest BCUT2D eigenvalue weighted by Crippen LogP contribution is 2.32. The summed E-state index contributed by atoms with van der Waals surface area (Å²) in [5.41, 5.74) is 3.06. The van der Waals surface area contributed by atoms with Crippen LogP contribution in [0.2, 0.25) is 0 Å². The van der Waals surface area contributed by atoms with Gasteiger partial charge in [0.1, 0.15) is 17.9 Å². The molecule has 180 valence electrons. The van der Waals surface area contributed by atoms with Crippen LogP contribution in [0.4, 0.5) is 0 Å². The Bertz CT molecular complexity index is 1200. The third-order valence-electron chi connectivity index (χ3n) is 7.18. The lowest BCUT2D eigenvalue weighted by Crippen LogP contribution is -2.52. The van der Waals surface area contributed by atoms with Crippen molar-refractivity contribution in [3.05, 3.63) is 64.7 Å². The Kier molecular flexibility index (Phi) is 6.51. The molecular formula is C27H28N4O4. The Morgan fingerprint density at radius 1 is 1.09 bits per heavy atom. The van der Waals surface area contributed by atoms with Gasteiger partial charge >= 0.3 is 0 Å². The predicted molar refractivity (Wildman–Crippen MR) is 127 cm³/mol. The molecule has 2 aliphatic heterocycles. The number of benzene rings is 2. The summed E-state index contributed by atoms with van der Waals surface area (Å²) < 4.78 is 6.41. The predicted octanol–water partition coefficient (Wildman–Crippen LogP) is 2.80. The summed E-state index contributed by atoms with van der Waals surface area (Å²) in [6.07, 6.45) is 4.70. The highest BCUT2D eigenvalue weighted by Gasteiger charge is 2.39. The van der Waals surface area contributed by atoms with Gasteiger partial charge in [0, 0.05) is 31.1 Å². The van der Waals surface area contributed by atoms with Gasteiger partial charge in [0.15, 0.2) is 0 Å². The number of imide groups is 1. The summed E-state index contributed by atoms with van der Waals surface area (Å²) in [4.78, 5) is 38.3. The van der Waals surface area contributed by atoms with Gasteiger partial charge < -0.3 is 15.0 Å². The molecule has 0 aromatic heterocycles. The molecule has 0 spiro atoms. The zero-order valence-corrected chi connectivity index (χ0v) is 19.5. The summed E-state index contributed by atoms with van der Waals surface area (Å²) in [5, 5.41) is 15.3. The van der Waals surface area contributed by atoms with Crippen LogP contribution in [0.1, 0.15) is 65.6 Å². The van der Waals surface area contributed by atoms with Crippen molar-refractivity contribution in [2.75, 3.05) is 0 Å². The van der Waals surface area contributed by atoms with Crippen LogP contribution in [0.15, 0.2) is 42.5 Å². The maximum atomic E-state index is 12.9. The van der Waals surface area contributed by atoms with Gasteiger partial charge in [-0.2, -0.15) is 5.26 Å². The molecule has 3 amide bonds. The number of nitrogens with zero attached hydrogens (tertiary/aromatic N) is 2. The van der Waals surface area contributed by atoms with Crippen molar-refractivity contribution in [3.8, 4) is 11.8 Å². The number of nitriles is 1. The summed E-state index contributed by atoms with van der Waals surface area (Å²) >= 11 is 0. The number of carbonyl (C=O) groups is 3. The maximum absolute atomic E-state index is 12.9. The van der Waals surface area contributed by atoms with Crippen molar-refractivity contribution in [1.29, 1.82) is 5.26 Å². The van der Waals surface area contributed by atoms with Gasteiger partial charge in [-0.05, 0) is 61.1 Å². The van der Waals surface area contributed by atoms with Gasteiger partial charge in [-0.25, -0.2) is 0 Å². The zero-order valence-electron chi connectivity index (χ0n) is 19.5. The van der Waals surface area contributed by atoms with E-state index in [-0.39, 0.29) is 30.4 Å². The van der Waals surface area contributed by atoms with Crippen LogP contribution < -0.4 is 15.4 Å². The molecule has 35 heavy (non-hydrogen) atoms. The molecular weight excluding hydrogens is 444 g/mol. The van der Waals surface area contributed by atoms with Crippen LogP contribution in [0, 0.1) is 11.3 Å². The molecule has 2 fully saturated rings. The van der Waals surface area contributed by atoms with E-state index in [0.717, 1.165) is 36.8 Å². The number of rotatable bonds is 6. The summed E-state index contributed by atoms with van der Waals surface area (Å²) in [5.74, 6) is -0.182. The van der Waals surface area contributed by atoms with Crippen molar-refractivity contribution in [1.82, 2.24) is 15.5 Å². The monoisotopic (exact) mass is 472 g/mol. The highest BCUT2D eigenvalue weighted by molar-refractivity contribution is 6.05. The average Bonchev–Trinajstić information content (AvgIpc) is 3.19. The van der Waals surface area contributed by atoms with E-state index in [1.54, 1.807) is 11.0 Å². The van der Waals surface area contributed by atoms with Gasteiger partial charge in [-0.1, -0.05) is 24.6 Å². The normalized spacial score (nSPS) is 24.0. The van der Waals surface area contributed by atoms with E-state index < -0.39 is 11.9 Å². The molecule has 1 saturated carbocycles. The first kappa shape index (κ1) is 23.1. The second-order valence-corrected chi connectivity index (χ2v) is 9.42. The zero-order chi connectivity index (χ0) is 24.4. The molecule has 8 nitrogen and oxygen atoms in total. The van der Waals surface area contributed by atoms with Crippen LogP contribution >= 0.6 is 0 Å². The molecule has 3 aliphatic rings. The number of carbonyl (C=O) groups excluding carboxylic acids is 3. The number of ether oxygens (including phenoxy) is 1. The fourth-order valence-electron chi connectivity index (χ4n) is 5.29. The van der Waals surface area contributed by atoms with Crippen LogP contribution in [0.3, 0.4) is 0 Å². The summed E-state index contributed by atoms with van der Waals surface area (Å²) in [6, 6.07) is 14.9. The second kappa shape index (κ2) is 9.88. The Morgan fingerprint density at radius 3 is 2.74 bits per heavy atom. The first-order chi connectivity index (χ1) is 17.0. The fourth-order valence-corrected chi connectivity index (χ4v) is 5.29. The highest BCUT2D eigenvalue weighted by atomic mass is 16.5. The van der Waals surface area contributed by atoms with Crippen molar-refractivity contribution in [2.24, 2.45) is 0 Å². The summed E-state index contributed by atoms with van der Waals surface area (Å²) in [7, 11) is 0. The van der Waals surface area contributed by atoms with E-state index in [4.69, 9.17) is 4.74 Å². The number of hydrogen-bond acceptors (Lipinski definition) is 6. The first-order valence-corrected chi connectivity index (χ1v) is 12.2. The molecule has 5 rings (SSSR count). The summed E-state index contributed by atoms with van der Waals surface area (Å²) in [6.45, 7) is 0.933. The minimum Gasteiger partial charge on any atom is -0.489 e. The number of piperidine rings is 1. The lowest BCUT2D eigenvalue weighted by atomic mass is 9.92. The van der Waals surface area contributed by atoms with Crippen molar-refractivity contribution >= 4 is 17.7 Å². The quantitative estimate of drug-likeness (QED) is 0.626. The average molecular weight is 473 g/mol. The van der Waals surface area contributed by atoms with E-state index in [1.165, 1.54) is 0 Å². The minimum atomic E-state index is -0.625. The molecule has 2 N–H and O–H groups in total. The van der Waals surface area contributed by atoms with Gasteiger partial charge in [0.2, 0.25) is 11.8 Å². The number of hydrogen-bond donors (Lipinski definition) is 2. The molecule has 3 atom stereocenters. The Balaban J connectivity index is 1.26. The van der Waals surface area contributed by atoms with Crippen LogP contribution in [-0.4, -0.2) is 40.8 Å². The van der Waals surface area contributed by atoms with E-state index in [1.807, 2.05) is 36.4 Å². The van der Waals surface area contributed by atoms with Crippen molar-refractivity contribution < 1.29 is 19.1 Å². The Morgan fingerprint density at radius 2 is 1.91 bits per heavy atom. The SMILES string of the molecule is N#Cc1ccccc1CN[C@H]1CCCC[C@@H]1Oc1ccc2c(c1)CN([C@H]1CCC(=O)NC1=O)C2=O. The first-order valence-electron chi connectivity index (χ1n) is 12.2. The Labute approximate surface area is 204 Å². The third-order valence-corrected chi connectivity index (χ3v) is 7.18. The van der Waals surface area contributed by atoms with E-state index in [9.17, 15) is 19.6 Å². The standard InChI is InChI=1S/C27H28N4O4/c28-14-17-5-1-2-6-18(17)15-29-22-7-3-4-8-24(22)35-20-9-10-21-19(13-20)16-31(27(21)34)23-11-12-25(32)30-26(23)33/h1-2,5-6,9-10,13,22-24,29H,3-4,7-8,11-12,15-16H2,(H,30,32,33)/t22-,23-,24-/m0/s1. The smallest absolute Gasteiger partial charge is 0.255 e. The number of fused-ring (bicyclic) bond motifs is 1. The van der Waals surface area contributed by atoms with E-state index >= 15 is 0 Å². The molecule has 1 saturated heterocycles. The molecule has 0 unspecified atom stereocenters. The number of nitrogens with one attached hydrogen (secondary N) is 2. The van der Waals surface area contributed by atoms with E-state index in [0.29, 0.717) is 36.4 Å². The van der Waals surface area contributed by atoms with Crippen molar-refractivity contribution in [2.45, 2.75) is 69.8 Å². The molecule has 8 heteroatoms. The maximum Gasteiger partial charge on any atom is 0.255 e. The second-order valence-electron chi connectivity index (χ2n) is 9.42. The molecule has 0 radical (unpaired) electrons. The topological polar surface area (TPSA) is 112 Å². The molecule has 2 heterocycles. The Hall–Kier alpha value is -3.70. The largest absolute Gasteiger partial charge is 0.489 e. The number of amides is 3. The molecule has 0 bridgehead atoms. The van der Waals surface area contributed by atoms with Gasteiger partial charge in [0.25, 0.3) is 5.91 Å². The molecule has 2 aromatic rings. The van der Waals surface area contributed by atoms with Gasteiger partial charge in [-0.3, -0.25) is 19.7 Å². The lowest BCUT2D eigenvalue weighted by Gasteiger charge is -2.33. The van der Waals surface area contributed by atoms with E-state index in [2.05, 4.69) is 16.7 Å². The minimum absolute atomic E-state index is 0.0145. The molecule has 2 aromatic carbocycles.